The molecule has 2 aromatic carbocycles. The van der Waals surface area contributed by atoms with Crippen LogP contribution in [0.25, 0.3) is 5.69 Å². The molecule has 0 spiro atoms. The molecular formula is C22H18N6O4. The van der Waals surface area contributed by atoms with Gasteiger partial charge in [-0.2, -0.15) is 10.4 Å². The Kier molecular flexibility index (Phi) is 4.94. The number of nitrogens with zero attached hydrogens (tertiary/aromatic N) is 5. The van der Waals surface area contributed by atoms with E-state index in [0.717, 1.165) is 4.90 Å². The zero-order valence-corrected chi connectivity index (χ0v) is 17.3. The van der Waals surface area contributed by atoms with Crippen molar-refractivity contribution >= 4 is 17.6 Å². The summed E-state index contributed by atoms with van der Waals surface area (Å²) in [5.41, 5.74) is 0.773. The smallest absolute Gasteiger partial charge is 0.319 e. The van der Waals surface area contributed by atoms with Crippen LogP contribution in [0.2, 0.25) is 0 Å². The fourth-order valence-corrected chi connectivity index (χ4v) is 3.75. The Labute approximate surface area is 182 Å². The number of nitrogens with one attached hydrogen (secondary N) is 1. The second-order valence-corrected chi connectivity index (χ2v) is 7.52. The zero-order valence-electron chi connectivity index (χ0n) is 17.3. The molecule has 0 bridgehead atoms. The largest absolute Gasteiger partial charge is 0.325 e. The SMILES string of the molecule is Cc1nn(-c2ccccc2)c(CN2C(=O)N[C@](C)(c3ccc([N+](=O)[O-])cc3)C2=O)c1C#N. The highest BCUT2D eigenvalue weighted by Gasteiger charge is 2.49. The van der Waals surface area contributed by atoms with Gasteiger partial charge in [0.1, 0.15) is 11.6 Å². The quantitative estimate of drug-likeness (QED) is 0.376. The van der Waals surface area contributed by atoms with E-state index in [0.29, 0.717) is 28.2 Å². The summed E-state index contributed by atoms with van der Waals surface area (Å²) in [5.74, 6) is -0.529. The number of urea groups is 1. The van der Waals surface area contributed by atoms with Gasteiger partial charge in [0.2, 0.25) is 0 Å². The normalized spacial score (nSPS) is 17.8. The van der Waals surface area contributed by atoms with E-state index in [1.807, 2.05) is 30.3 Å². The molecular weight excluding hydrogens is 412 g/mol. The number of imide groups is 1. The molecule has 10 nitrogen and oxygen atoms in total. The molecule has 1 fully saturated rings. The zero-order chi connectivity index (χ0) is 23.0. The number of aryl methyl sites for hydroxylation is 1. The van der Waals surface area contributed by atoms with Crippen LogP contribution in [0.1, 0.15) is 29.4 Å². The van der Waals surface area contributed by atoms with Crippen LogP contribution < -0.4 is 5.32 Å². The number of hydrogen-bond donors (Lipinski definition) is 1. The summed E-state index contributed by atoms with van der Waals surface area (Å²) in [5, 5.41) is 27.7. The van der Waals surface area contributed by atoms with Crippen molar-refractivity contribution in [2.45, 2.75) is 25.9 Å². The molecule has 1 N–H and O–H groups in total. The van der Waals surface area contributed by atoms with Crippen molar-refractivity contribution in [3.05, 3.63) is 87.2 Å². The molecule has 1 aliphatic rings. The lowest BCUT2D eigenvalue weighted by molar-refractivity contribution is -0.384. The van der Waals surface area contributed by atoms with Crippen LogP contribution in [0.15, 0.2) is 54.6 Å². The first-order valence-electron chi connectivity index (χ1n) is 9.69. The molecule has 1 saturated heterocycles. The van der Waals surface area contributed by atoms with Crippen molar-refractivity contribution in [1.29, 1.82) is 5.26 Å². The summed E-state index contributed by atoms with van der Waals surface area (Å²) in [6.07, 6.45) is 0. The van der Waals surface area contributed by atoms with Gasteiger partial charge in [0.05, 0.1) is 34.1 Å². The third kappa shape index (κ3) is 3.26. The highest BCUT2D eigenvalue weighted by atomic mass is 16.6. The molecule has 0 unspecified atom stereocenters. The van der Waals surface area contributed by atoms with Crippen molar-refractivity contribution in [2.24, 2.45) is 0 Å². The van der Waals surface area contributed by atoms with E-state index in [2.05, 4.69) is 16.5 Å². The van der Waals surface area contributed by atoms with E-state index in [4.69, 9.17) is 0 Å². The van der Waals surface area contributed by atoms with E-state index >= 15 is 0 Å². The van der Waals surface area contributed by atoms with E-state index in [1.54, 1.807) is 18.5 Å². The number of nitro benzene ring substituents is 1. The number of carbonyl (C=O) groups excluding carboxylic acids is 2. The minimum atomic E-state index is -1.40. The molecule has 4 rings (SSSR count). The van der Waals surface area contributed by atoms with Crippen molar-refractivity contribution in [1.82, 2.24) is 20.0 Å². The molecule has 3 aromatic rings. The molecule has 2 heterocycles. The molecule has 10 heteroatoms. The number of non-ortho nitro benzene ring substituents is 1. The Hall–Kier alpha value is -4.52. The second kappa shape index (κ2) is 7.63. The van der Waals surface area contributed by atoms with Gasteiger partial charge < -0.3 is 5.32 Å². The van der Waals surface area contributed by atoms with Crippen LogP contribution in [0.3, 0.4) is 0 Å². The third-order valence-corrected chi connectivity index (χ3v) is 5.51. The first-order chi connectivity index (χ1) is 15.3. The summed E-state index contributed by atoms with van der Waals surface area (Å²) < 4.78 is 1.55. The molecule has 1 aromatic heterocycles. The summed E-state index contributed by atoms with van der Waals surface area (Å²) in [6.45, 7) is 3.07. The number of carbonyl (C=O) groups is 2. The first-order valence-corrected chi connectivity index (χ1v) is 9.69. The highest BCUT2D eigenvalue weighted by Crippen LogP contribution is 2.32. The van der Waals surface area contributed by atoms with Crippen LogP contribution in [0.5, 0.6) is 0 Å². The van der Waals surface area contributed by atoms with Crippen LogP contribution >= 0.6 is 0 Å². The number of nitriles is 1. The minimum Gasteiger partial charge on any atom is -0.319 e. The van der Waals surface area contributed by atoms with Crippen LogP contribution in [0.4, 0.5) is 10.5 Å². The standard InChI is InChI=1S/C22H18N6O4/c1-14-18(12-23)19(27(25-14)16-6-4-3-5-7-16)13-26-20(29)22(2,24-21(26)30)15-8-10-17(11-9-15)28(31)32/h3-11H,13H2,1-2H3,(H,24,30)/t22-/m1/s1. The Morgan fingerprint density at radius 2 is 1.81 bits per heavy atom. The maximum atomic E-state index is 13.3. The maximum absolute atomic E-state index is 13.3. The average Bonchev–Trinajstić information content (AvgIpc) is 3.22. The molecule has 0 saturated carbocycles. The molecule has 0 aliphatic carbocycles. The van der Waals surface area contributed by atoms with Crippen LogP contribution in [-0.2, 0) is 16.9 Å². The number of rotatable bonds is 5. The van der Waals surface area contributed by atoms with Gasteiger partial charge in [0, 0.05) is 12.1 Å². The molecule has 1 atom stereocenters. The van der Waals surface area contributed by atoms with Crippen LogP contribution in [-0.4, -0.2) is 31.5 Å². The second-order valence-electron chi connectivity index (χ2n) is 7.52. The van der Waals surface area contributed by atoms with Gasteiger partial charge in [-0.3, -0.25) is 19.8 Å². The van der Waals surface area contributed by atoms with Gasteiger partial charge >= 0.3 is 6.03 Å². The van der Waals surface area contributed by atoms with Gasteiger partial charge in [0.15, 0.2) is 0 Å². The van der Waals surface area contributed by atoms with Gasteiger partial charge in [-0.1, -0.05) is 18.2 Å². The fourth-order valence-electron chi connectivity index (χ4n) is 3.75. The number of amides is 3. The number of benzene rings is 2. The van der Waals surface area contributed by atoms with E-state index in [9.17, 15) is 25.0 Å². The molecule has 0 radical (unpaired) electrons. The van der Waals surface area contributed by atoms with E-state index < -0.39 is 22.4 Å². The van der Waals surface area contributed by atoms with E-state index in [-0.39, 0.29) is 12.2 Å². The third-order valence-electron chi connectivity index (χ3n) is 5.51. The van der Waals surface area contributed by atoms with Gasteiger partial charge in [-0.15, -0.1) is 0 Å². The number of nitro groups is 1. The molecule has 160 valence electrons. The van der Waals surface area contributed by atoms with Crippen LogP contribution in [0, 0.1) is 28.4 Å². The summed E-state index contributed by atoms with van der Waals surface area (Å²) in [4.78, 5) is 37.5. The number of hydrogen-bond acceptors (Lipinski definition) is 6. The van der Waals surface area contributed by atoms with Gasteiger partial charge in [-0.25, -0.2) is 9.48 Å². The van der Waals surface area contributed by atoms with Gasteiger partial charge in [-0.05, 0) is 43.7 Å². The predicted molar refractivity (Wildman–Crippen MR) is 113 cm³/mol. The summed E-state index contributed by atoms with van der Waals surface area (Å²) in [6, 6.07) is 16.0. The lowest BCUT2D eigenvalue weighted by atomic mass is 9.92. The average molecular weight is 430 g/mol. The minimum absolute atomic E-state index is 0.119. The first kappa shape index (κ1) is 20.7. The number of para-hydroxylation sites is 1. The topological polar surface area (TPSA) is 134 Å². The fraction of sp³-hybridized carbons (Fsp3) is 0.182. The Morgan fingerprint density at radius 1 is 1.16 bits per heavy atom. The van der Waals surface area contributed by atoms with Gasteiger partial charge in [0.25, 0.3) is 11.6 Å². The molecule has 32 heavy (non-hydrogen) atoms. The lowest BCUT2D eigenvalue weighted by Gasteiger charge is -2.22. The number of aromatic nitrogens is 2. The van der Waals surface area contributed by atoms with Crippen molar-refractivity contribution in [3.8, 4) is 11.8 Å². The van der Waals surface area contributed by atoms with Crippen molar-refractivity contribution in [2.75, 3.05) is 0 Å². The van der Waals surface area contributed by atoms with Crippen molar-refractivity contribution < 1.29 is 14.5 Å². The Bertz CT molecular complexity index is 1280. The Morgan fingerprint density at radius 3 is 2.41 bits per heavy atom. The monoisotopic (exact) mass is 430 g/mol. The van der Waals surface area contributed by atoms with E-state index in [1.165, 1.54) is 24.3 Å². The predicted octanol–water partition coefficient (Wildman–Crippen LogP) is 2.93. The maximum Gasteiger partial charge on any atom is 0.325 e. The van der Waals surface area contributed by atoms with Crippen molar-refractivity contribution in [3.63, 3.8) is 0 Å². The molecule has 1 aliphatic heterocycles. The molecule has 3 amide bonds. The highest BCUT2D eigenvalue weighted by molar-refractivity contribution is 6.07. The Balaban J connectivity index is 1.71. The summed E-state index contributed by atoms with van der Waals surface area (Å²) >= 11 is 0. The lowest BCUT2D eigenvalue weighted by Crippen LogP contribution is -2.40. The summed E-state index contributed by atoms with van der Waals surface area (Å²) in [7, 11) is 0.